The lowest BCUT2D eigenvalue weighted by Gasteiger charge is -2.13. The van der Waals surface area contributed by atoms with Gasteiger partial charge in [-0.15, -0.1) is 0 Å². The number of imidazole rings is 1. The molecule has 1 heterocycles. The normalized spacial score (nSPS) is 11.1. The molecule has 30 heavy (non-hydrogen) atoms. The first kappa shape index (κ1) is 20.5. The zero-order valence-corrected chi connectivity index (χ0v) is 18.3. The molecule has 0 radical (unpaired) electrons. The van der Waals surface area contributed by atoms with Crippen LogP contribution in [0.1, 0.15) is 32.9 Å². The minimum atomic E-state index is -0.123. The number of hydrogen-bond donors (Lipinski definition) is 1. The highest BCUT2D eigenvalue weighted by Crippen LogP contribution is 2.27. The van der Waals surface area contributed by atoms with Crippen LogP contribution in [0.3, 0.4) is 0 Å². The van der Waals surface area contributed by atoms with Crippen molar-refractivity contribution >= 4 is 40.1 Å². The first-order chi connectivity index (χ1) is 14.4. The number of aryl methyl sites for hydroxylation is 2. The van der Waals surface area contributed by atoms with Gasteiger partial charge >= 0.3 is 0 Å². The van der Waals surface area contributed by atoms with Crippen LogP contribution in [-0.4, -0.2) is 15.5 Å². The number of rotatable bonds is 5. The Balaban J connectivity index is 1.65. The van der Waals surface area contributed by atoms with Crippen LogP contribution < -0.4 is 5.32 Å². The maximum atomic E-state index is 12.8. The molecule has 1 aromatic heterocycles. The highest BCUT2D eigenvalue weighted by Gasteiger charge is 2.16. The molecule has 0 fully saturated rings. The minimum absolute atomic E-state index is 0.123. The fraction of sp³-hybridized carbons (Fsp3) is 0.167. The number of nitrogens with one attached hydrogen (secondary N) is 1. The van der Waals surface area contributed by atoms with Crippen molar-refractivity contribution in [3.8, 4) is 0 Å². The van der Waals surface area contributed by atoms with E-state index in [9.17, 15) is 4.79 Å². The molecule has 1 N–H and O–H groups in total. The lowest BCUT2D eigenvalue weighted by Crippen LogP contribution is -2.25. The Morgan fingerprint density at radius 2 is 1.73 bits per heavy atom. The molecule has 0 saturated heterocycles. The van der Waals surface area contributed by atoms with Gasteiger partial charge in [-0.3, -0.25) is 4.79 Å². The molecule has 3 aromatic carbocycles. The summed E-state index contributed by atoms with van der Waals surface area (Å²) in [6, 6.07) is 19.1. The molecule has 0 atom stereocenters. The molecule has 4 nitrogen and oxygen atoms in total. The third kappa shape index (κ3) is 4.07. The summed E-state index contributed by atoms with van der Waals surface area (Å²) in [4.78, 5) is 17.5. The van der Waals surface area contributed by atoms with Crippen LogP contribution in [0.5, 0.6) is 0 Å². The fourth-order valence-corrected chi connectivity index (χ4v) is 4.12. The summed E-state index contributed by atoms with van der Waals surface area (Å²) in [5, 5.41) is 4.21. The fourth-order valence-electron chi connectivity index (χ4n) is 3.60. The van der Waals surface area contributed by atoms with Crippen LogP contribution in [0.15, 0.2) is 60.7 Å². The Labute approximate surface area is 185 Å². The Kier molecular flexibility index (Phi) is 5.80. The van der Waals surface area contributed by atoms with E-state index in [1.807, 2.05) is 79.1 Å². The van der Waals surface area contributed by atoms with E-state index in [1.54, 1.807) is 0 Å². The van der Waals surface area contributed by atoms with E-state index in [1.165, 1.54) is 0 Å². The Bertz CT molecular complexity index is 1230. The molecule has 1 amide bonds. The second-order valence-electron chi connectivity index (χ2n) is 7.30. The number of aromatic nitrogens is 2. The predicted molar refractivity (Wildman–Crippen MR) is 122 cm³/mol. The second kappa shape index (κ2) is 8.50. The third-order valence-corrected chi connectivity index (χ3v) is 5.85. The molecule has 0 aliphatic heterocycles. The topological polar surface area (TPSA) is 46.9 Å². The molecule has 0 unspecified atom stereocenters. The SMILES string of the molecule is Cc1ccc(C(=O)NCc2nc3ccccc3n2Cc2c(Cl)cccc2Cl)c(C)c1. The zero-order valence-electron chi connectivity index (χ0n) is 16.7. The minimum Gasteiger partial charge on any atom is -0.345 e. The smallest absolute Gasteiger partial charge is 0.251 e. The summed E-state index contributed by atoms with van der Waals surface area (Å²) >= 11 is 12.8. The summed E-state index contributed by atoms with van der Waals surface area (Å²) in [5.41, 5.74) is 5.38. The van der Waals surface area contributed by atoms with Gasteiger partial charge in [0.25, 0.3) is 5.91 Å². The number of amides is 1. The van der Waals surface area contributed by atoms with Crippen molar-refractivity contribution in [2.45, 2.75) is 26.9 Å². The molecule has 0 aliphatic carbocycles. The second-order valence-corrected chi connectivity index (χ2v) is 8.12. The number of fused-ring (bicyclic) bond motifs is 1. The van der Waals surface area contributed by atoms with Gasteiger partial charge in [0.15, 0.2) is 0 Å². The van der Waals surface area contributed by atoms with Gasteiger partial charge in [0.05, 0.1) is 24.1 Å². The first-order valence-electron chi connectivity index (χ1n) is 9.66. The van der Waals surface area contributed by atoms with Crippen LogP contribution in [0, 0.1) is 13.8 Å². The van der Waals surface area contributed by atoms with Crippen LogP contribution >= 0.6 is 23.2 Å². The van der Waals surface area contributed by atoms with Gasteiger partial charge in [0, 0.05) is 21.2 Å². The van der Waals surface area contributed by atoms with Gasteiger partial charge in [0.2, 0.25) is 0 Å². The standard InChI is InChI=1S/C24H21Cl2N3O/c1-15-10-11-17(16(2)12-15)24(30)27-13-23-28-21-8-3-4-9-22(21)29(23)14-18-19(25)6-5-7-20(18)26/h3-12H,13-14H2,1-2H3,(H,27,30). The van der Waals surface area contributed by atoms with E-state index < -0.39 is 0 Å². The van der Waals surface area contributed by atoms with Gasteiger partial charge in [0.1, 0.15) is 5.82 Å². The summed E-state index contributed by atoms with van der Waals surface area (Å²) in [5.74, 6) is 0.618. The van der Waals surface area contributed by atoms with E-state index >= 15 is 0 Å². The Morgan fingerprint density at radius 3 is 2.47 bits per heavy atom. The molecule has 6 heteroatoms. The van der Waals surface area contributed by atoms with E-state index in [-0.39, 0.29) is 5.91 Å². The van der Waals surface area contributed by atoms with Gasteiger partial charge in [-0.05, 0) is 49.7 Å². The van der Waals surface area contributed by atoms with Crippen LogP contribution in [0.25, 0.3) is 11.0 Å². The molecule has 0 aliphatic rings. The molecule has 4 rings (SSSR count). The van der Waals surface area contributed by atoms with Crippen LogP contribution in [0.4, 0.5) is 0 Å². The average molecular weight is 438 g/mol. The third-order valence-electron chi connectivity index (χ3n) is 5.15. The average Bonchev–Trinajstić information content (AvgIpc) is 3.06. The summed E-state index contributed by atoms with van der Waals surface area (Å²) in [6.45, 7) is 4.71. The van der Waals surface area contributed by atoms with Gasteiger partial charge in [-0.25, -0.2) is 4.98 Å². The zero-order chi connectivity index (χ0) is 21.3. The number of para-hydroxylation sites is 2. The molecule has 0 spiro atoms. The quantitative estimate of drug-likeness (QED) is 0.419. The number of carbonyl (C=O) groups excluding carboxylic acids is 1. The summed E-state index contributed by atoms with van der Waals surface area (Å²) in [6.07, 6.45) is 0. The molecule has 152 valence electrons. The summed E-state index contributed by atoms with van der Waals surface area (Å²) in [7, 11) is 0. The number of carbonyl (C=O) groups is 1. The monoisotopic (exact) mass is 437 g/mol. The molecule has 4 aromatic rings. The lowest BCUT2D eigenvalue weighted by molar-refractivity contribution is 0.0949. The highest BCUT2D eigenvalue weighted by molar-refractivity contribution is 6.36. The Morgan fingerprint density at radius 1 is 1.00 bits per heavy atom. The van der Waals surface area contributed by atoms with Crippen LogP contribution in [-0.2, 0) is 13.1 Å². The highest BCUT2D eigenvalue weighted by atomic mass is 35.5. The lowest BCUT2D eigenvalue weighted by atomic mass is 10.1. The van der Waals surface area contributed by atoms with E-state index in [0.29, 0.717) is 28.7 Å². The van der Waals surface area contributed by atoms with E-state index in [2.05, 4.69) is 5.32 Å². The largest absolute Gasteiger partial charge is 0.345 e. The number of hydrogen-bond acceptors (Lipinski definition) is 2. The van der Waals surface area contributed by atoms with Crippen molar-refractivity contribution in [2.24, 2.45) is 0 Å². The molecule has 0 saturated carbocycles. The van der Waals surface area contributed by atoms with Crippen molar-refractivity contribution in [1.82, 2.24) is 14.9 Å². The molecule has 0 bridgehead atoms. The van der Waals surface area contributed by atoms with Gasteiger partial charge in [-0.1, -0.05) is 59.1 Å². The first-order valence-corrected chi connectivity index (χ1v) is 10.4. The maximum absolute atomic E-state index is 12.8. The number of benzene rings is 3. The Hall–Kier alpha value is -2.82. The predicted octanol–water partition coefficient (Wildman–Crippen LogP) is 5.94. The van der Waals surface area contributed by atoms with Crippen LogP contribution in [0.2, 0.25) is 10.0 Å². The van der Waals surface area contributed by atoms with Crippen molar-refractivity contribution in [3.05, 3.63) is 98.8 Å². The maximum Gasteiger partial charge on any atom is 0.251 e. The van der Waals surface area contributed by atoms with Crippen molar-refractivity contribution in [2.75, 3.05) is 0 Å². The number of nitrogens with zero attached hydrogens (tertiary/aromatic N) is 2. The van der Waals surface area contributed by atoms with Gasteiger partial charge < -0.3 is 9.88 Å². The van der Waals surface area contributed by atoms with E-state index in [0.717, 1.165) is 33.5 Å². The summed E-state index contributed by atoms with van der Waals surface area (Å²) < 4.78 is 2.05. The van der Waals surface area contributed by atoms with Gasteiger partial charge in [-0.2, -0.15) is 0 Å². The molecular formula is C24H21Cl2N3O. The van der Waals surface area contributed by atoms with Crippen molar-refractivity contribution < 1.29 is 4.79 Å². The van der Waals surface area contributed by atoms with Crippen molar-refractivity contribution in [3.63, 3.8) is 0 Å². The molecular weight excluding hydrogens is 417 g/mol. The number of halogens is 2. The van der Waals surface area contributed by atoms with Crippen molar-refractivity contribution in [1.29, 1.82) is 0 Å². The van der Waals surface area contributed by atoms with E-state index in [4.69, 9.17) is 28.2 Å².